The molecule has 1 aromatic rings. The summed E-state index contributed by atoms with van der Waals surface area (Å²) in [6, 6.07) is 3.77. The van der Waals surface area contributed by atoms with Gasteiger partial charge in [0.15, 0.2) is 0 Å². The van der Waals surface area contributed by atoms with Crippen molar-refractivity contribution in [3.8, 4) is 17.2 Å². The lowest BCUT2D eigenvalue weighted by atomic mass is 10.2. The highest BCUT2D eigenvalue weighted by Crippen LogP contribution is 2.41. The summed E-state index contributed by atoms with van der Waals surface area (Å²) in [5, 5.41) is 0. The van der Waals surface area contributed by atoms with Gasteiger partial charge in [0.1, 0.15) is 22.9 Å². The summed E-state index contributed by atoms with van der Waals surface area (Å²) in [6.45, 7) is 1.84. The fourth-order valence-electron chi connectivity index (χ4n) is 2.14. The summed E-state index contributed by atoms with van der Waals surface area (Å²) in [5.74, 6) is 2.29. The van der Waals surface area contributed by atoms with Gasteiger partial charge in [-0.2, -0.15) is 0 Å². The fraction of sp³-hybridized carbons (Fsp3) is 0.429. The molecular formula is C14H19NO3. The molecule has 1 aromatic carbocycles. The van der Waals surface area contributed by atoms with E-state index in [0.717, 1.165) is 42.4 Å². The highest BCUT2D eigenvalue weighted by atomic mass is 16.5. The third-order valence-electron chi connectivity index (χ3n) is 3.06. The molecular weight excluding hydrogens is 230 g/mol. The zero-order valence-electron chi connectivity index (χ0n) is 11.1. The van der Waals surface area contributed by atoms with Crippen molar-refractivity contribution in [3.05, 3.63) is 24.3 Å². The van der Waals surface area contributed by atoms with Crippen molar-refractivity contribution >= 4 is 5.69 Å². The van der Waals surface area contributed by atoms with Crippen LogP contribution >= 0.6 is 0 Å². The molecule has 0 aromatic heterocycles. The van der Waals surface area contributed by atoms with Crippen molar-refractivity contribution in [2.45, 2.75) is 6.42 Å². The molecule has 2 rings (SSSR count). The standard InChI is InChI=1S/C14H19NO3/c1-16-11-9-12(17-2)14(13(10-11)18-3)15-7-5-4-6-8-15/h4-5,9-10H,6-8H2,1-3H3. The molecule has 4 nitrogen and oxygen atoms in total. The van der Waals surface area contributed by atoms with Gasteiger partial charge in [0, 0.05) is 25.2 Å². The molecule has 0 saturated carbocycles. The molecule has 0 saturated heterocycles. The van der Waals surface area contributed by atoms with Crippen LogP contribution in [0.3, 0.4) is 0 Å². The van der Waals surface area contributed by atoms with Crippen LogP contribution in [0.5, 0.6) is 17.2 Å². The van der Waals surface area contributed by atoms with E-state index in [1.165, 1.54) is 0 Å². The Bertz CT molecular complexity index is 418. The van der Waals surface area contributed by atoms with E-state index in [1.807, 2.05) is 12.1 Å². The molecule has 0 amide bonds. The number of anilines is 1. The third-order valence-corrected chi connectivity index (χ3v) is 3.06. The first-order chi connectivity index (χ1) is 8.80. The number of benzene rings is 1. The first kappa shape index (κ1) is 12.6. The maximum Gasteiger partial charge on any atom is 0.149 e. The molecule has 0 radical (unpaired) electrons. The zero-order chi connectivity index (χ0) is 13.0. The van der Waals surface area contributed by atoms with E-state index >= 15 is 0 Å². The number of methoxy groups -OCH3 is 3. The molecule has 0 atom stereocenters. The number of ether oxygens (including phenoxy) is 3. The summed E-state index contributed by atoms with van der Waals surface area (Å²) in [4.78, 5) is 2.25. The van der Waals surface area contributed by atoms with E-state index in [2.05, 4.69) is 17.1 Å². The Morgan fingerprint density at radius 2 is 1.61 bits per heavy atom. The Morgan fingerprint density at radius 1 is 0.944 bits per heavy atom. The monoisotopic (exact) mass is 249 g/mol. The molecule has 1 aliphatic heterocycles. The van der Waals surface area contributed by atoms with Gasteiger partial charge in [-0.05, 0) is 6.42 Å². The Kier molecular flexibility index (Phi) is 3.97. The summed E-state index contributed by atoms with van der Waals surface area (Å²) < 4.78 is 16.2. The largest absolute Gasteiger partial charge is 0.496 e. The second-order valence-corrected chi connectivity index (χ2v) is 4.09. The van der Waals surface area contributed by atoms with Gasteiger partial charge in [0.25, 0.3) is 0 Å². The van der Waals surface area contributed by atoms with Crippen LogP contribution in [0.4, 0.5) is 5.69 Å². The van der Waals surface area contributed by atoms with Crippen molar-refractivity contribution in [1.82, 2.24) is 0 Å². The topological polar surface area (TPSA) is 30.9 Å². The Morgan fingerprint density at radius 3 is 2.06 bits per heavy atom. The molecule has 0 unspecified atom stereocenters. The minimum Gasteiger partial charge on any atom is -0.496 e. The molecule has 0 fully saturated rings. The minimum absolute atomic E-state index is 0.736. The predicted octanol–water partition coefficient (Wildman–Crippen LogP) is 2.48. The normalized spacial score (nSPS) is 14.5. The second-order valence-electron chi connectivity index (χ2n) is 4.09. The Labute approximate surface area is 108 Å². The molecule has 0 aliphatic carbocycles. The first-order valence-corrected chi connectivity index (χ1v) is 6.00. The van der Waals surface area contributed by atoms with Crippen LogP contribution in [0.2, 0.25) is 0 Å². The van der Waals surface area contributed by atoms with Gasteiger partial charge in [-0.25, -0.2) is 0 Å². The molecule has 4 heteroatoms. The third kappa shape index (κ3) is 2.37. The lowest BCUT2D eigenvalue weighted by Gasteiger charge is -2.29. The van der Waals surface area contributed by atoms with E-state index in [4.69, 9.17) is 14.2 Å². The summed E-state index contributed by atoms with van der Waals surface area (Å²) >= 11 is 0. The molecule has 0 spiro atoms. The van der Waals surface area contributed by atoms with Crippen LogP contribution in [0.25, 0.3) is 0 Å². The zero-order valence-corrected chi connectivity index (χ0v) is 11.1. The SMILES string of the molecule is COc1cc(OC)c(N2CC=CCC2)c(OC)c1. The first-order valence-electron chi connectivity index (χ1n) is 6.00. The predicted molar refractivity (Wildman–Crippen MR) is 72.1 cm³/mol. The maximum absolute atomic E-state index is 5.46. The van der Waals surface area contributed by atoms with Crippen molar-refractivity contribution in [3.63, 3.8) is 0 Å². The summed E-state index contributed by atoms with van der Waals surface area (Å²) in [7, 11) is 4.96. The molecule has 1 heterocycles. The maximum atomic E-state index is 5.46. The van der Waals surface area contributed by atoms with Crippen molar-refractivity contribution < 1.29 is 14.2 Å². The summed E-state index contributed by atoms with van der Waals surface area (Å²) in [5.41, 5.74) is 0.991. The molecule has 0 bridgehead atoms. The number of nitrogens with zero attached hydrogens (tertiary/aromatic N) is 1. The van der Waals surface area contributed by atoms with Gasteiger partial charge in [0.2, 0.25) is 0 Å². The molecule has 18 heavy (non-hydrogen) atoms. The van der Waals surface area contributed by atoms with Crippen molar-refractivity contribution in [2.75, 3.05) is 39.3 Å². The number of hydrogen-bond acceptors (Lipinski definition) is 4. The van der Waals surface area contributed by atoms with Crippen LogP contribution in [0.1, 0.15) is 6.42 Å². The molecule has 0 N–H and O–H groups in total. The minimum atomic E-state index is 0.736. The van der Waals surface area contributed by atoms with E-state index < -0.39 is 0 Å². The average molecular weight is 249 g/mol. The number of rotatable bonds is 4. The smallest absolute Gasteiger partial charge is 0.149 e. The Balaban J connectivity index is 2.45. The molecule has 1 aliphatic rings. The molecule has 98 valence electrons. The van der Waals surface area contributed by atoms with Crippen molar-refractivity contribution in [2.24, 2.45) is 0 Å². The van der Waals surface area contributed by atoms with Crippen LogP contribution in [-0.4, -0.2) is 34.4 Å². The Hall–Kier alpha value is -1.84. The quantitative estimate of drug-likeness (QED) is 0.767. The van der Waals surface area contributed by atoms with Crippen molar-refractivity contribution in [1.29, 1.82) is 0 Å². The van der Waals surface area contributed by atoms with Gasteiger partial charge in [0.05, 0.1) is 21.3 Å². The lowest BCUT2D eigenvalue weighted by Crippen LogP contribution is -2.27. The van der Waals surface area contributed by atoms with Crippen LogP contribution in [0.15, 0.2) is 24.3 Å². The fourth-order valence-corrected chi connectivity index (χ4v) is 2.14. The number of hydrogen-bond donors (Lipinski definition) is 0. The van der Waals surface area contributed by atoms with Crippen LogP contribution < -0.4 is 19.1 Å². The van der Waals surface area contributed by atoms with Gasteiger partial charge in [-0.1, -0.05) is 12.2 Å². The van der Waals surface area contributed by atoms with Gasteiger partial charge < -0.3 is 19.1 Å². The van der Waals surface area contributed by atoms with E-state index in [9.17, 15) is 0 Å². The highest BCUT2D eigenvalue weighted by Gasteiger charge is 2.19. The van der Waals surface area contributed by atoms with E-state index in [0.29, 0.717) is 0 Å². The van der Waals surface area contributed by atoms with Gasteiger partial charge in [-0.15, -0.1) is 0 Å². The summed E-state index contributed by atoms with van der Waals surface area (Å²) in [6.07, 6.45) is 5.39. The van der Waals surface area contributed by atoms with Gasteiger partial charge in [-0.3, -0.25) is 0 Å². The average Bonchev–Trinajstić information content (AvgIpc) is 2.46. The van der Waals surface area contributed by atoms with Crippen LogP contribution in [-0.2, 0) is 0 Å². The highest BCUT2D eigenvalue weighted by molar-refractivity contribution is 5.70. The van der Waals surface area contributed by atoms with Crippen LogP contribution in [0, 0.1) is 0 Å². The van der Waals surface area contributed by atoms with Gasteiger partial charge >= 0.3 is 0 Å². The lowest BCUT2D eigenvalue weighted by molar-refractivity contribution is 0.375. The van der Waals surface area contributed by atoms with E-state index in [-0.39, 0.29) is 0 Å². The second kappa shape index (κ2) is 5.67. The van der Waals surface area contributed by atoms with E-state index in [1.54, 1.807) is 21.3 Å².